The Kier molecular flexibility index (Phi) is 6.59. The van der Waals surface area contributed by atoms with Crippen LogP contribution in [-0.2, 0) is 6.42 Å². The van der Waals surface area contributed by atoms with Crippen LogP contribution in [0, 0.1) is 0 Å². The molecule has 1 N–H and O–H groups in total. The van der Waals surface area contributed by atoms with Crippen molar-refractivity contribution in [3.63, 3.8) is 0 Å². The Morgan fingerprint density at radius 1 is 1.31 bits per heavy atom. The SMILES string of the molecule is C=CCC(CCc1ccccc1)NCCC. The smallest absolute Gasteiger partial charge is 0.0105 e. The fourth-order valence-corrected chi connectivity index (χ4v) is 1.84. The topological polar surface area (TPSA) is 12.0 Å². The Bertz CT molecular complexity index is 279. The second kappa shape index (κ2) is 8.12. The van der Waals surface area contributed by atoms with Crippen molar-refractivity contribution in [1.29, 1.82) is 0 Å². The van der Waals surface area contributed by atoms with E-state index in [2.05, 4.69) is 49.2 Å². The zero-order chi connectivity index (χ0) is 11.6. The average molecular weight is 217 g/mol. The minimum atomic E-state index is 0.581. The van der Waals surface area contributed by atoms with Crippen LogP contribution < -0.4 is 5.32 Å². The van der Waals surface area contributed by atoms with E-state index >= 15 is 0 Å². The number of hydrogen-bond donors (Lipinski definition) is 1. The van der Waals surface area contributed by atoms with Crippen LogP contribution in [0.25, 0.3) is 0 Å². The van der Waals surface area contributed by atoms with Crippen molar-refractivity contribution < 1.29 is 0 Å². The van der Waals surface area contributed by atoms with Gasteiger partial charge >= 0.3 is 0 Å². The van der Waals surface area contributed by atoms with Crippen LogP contribution in [0.4, 0.5) is 0 Å². The quantitative estimate of drug-likeness (QED) is 0.656. The summed E-state index contributed by atoms with van der Waals surface area (Å²) in [4.78, 5) is 0. The van der Waals surface area contributed by atoms with Crippen molar-refractivity contribution in [2.75, 3.05) is 6.54 Å². The molecule has 0 aromatic heterocycles. The number of rotatable bonds is 8. The van der Waals surface area contributed by atoms with E-state index in [-0.39, 0.29) is 0 Å². The number of benzene rings is 1. The first kappa shape index (κ1) is 13.0. The summed E-state index contributed by atoms with van der Waals surface area (Å²) in [5, 5.41) is 3.57. The molecule has 0 radical (unpaired) electrons. The van der Waals surface area contributed by atoms with Gasteiger partial charge in [-0.25, -0.2) is 0 Å². The molecule has 0 aliphatic rings. The van der Waals surface area contributed by atoms with Gasteiger partial charge in [-0.2, -0.15) is 0 Å². The van der Waals surface area contributed by atoms with Crippen molar-refractivity contribution in [3.8, 4) is 0 Å². The molecule has 16 heavy (non-hydrogen) atoms. The normalized spacial score (nSPS) is 12.3. The minimum Gasteiger partial charge on any atom is -0.314 e. The van der Waals surface area contributed by atoms with Crippen molar-refractivity contribution in [2.45, 2.75) is 38.6 Å². The first-order valence-corrected chi connectivity index (χ1v) is 6.25. The standard InChI is InChI=1S/C15H23N/c1-3-8-15(16-13-4-2)12-11-14-9-6-5-7-10-14/h3,5-7,9-10,15-16H,1,4,8,11-13H2,2H3. The van der Waals surface area contributed by atoms with Crippen LogP contribution in [0.1, 0.15) is 31.7 Å². The second-order valence-corrected chi connectivity index (χ2v) is 4.20. The molecule has 0 amide bonds. The molecule has 0 bridgehead atoms. The highest BCUT2D eigenvalue weighted by molar-refractivity contribution is 5.14. The van der Waals surface area contributed by atoms with Crippen molar-refractivity contribution in [3.05, 3.63) is 48.6 Å². The predicted molar refractivity (Wildman–Crippen MR) is 71.7 cm³/mol. The molecular weight excluding hydrogens is 194 g/mol. The third-order valence-corrected chi connectivity index (χ3v) is 2.76. The van der Waals surface area contributed by atoms with Gasteiger partial charge in [0.05, 0.1) is 0 Å². The van der Waals surface area contributed by atoms with Gasteiger partial charge in [0.2, 0.25) is 0 Å². The van der Waals surface area contributed by atoms with E-state index in [0.29, 0.717) is 6.04 Å². The zero-order valence-electron chi connectivity index (χ0n) is 10.3. The summed E-state index contributed by atoms with van der Waals surface area (Å²) >= 11 is 0. The summed E-state index contributed by atoms with van der Waals surface area (Å²) in [6.45, 7) is 7.13. The van der Waals surface area contributed by atoms with E-state index in [1.807, 2.05) is 6.08 Å². The molecule has 1 aromatic carbocycles. The first-order chi connectivity index (χ1) is 7.86. The average Bonchev–Trinajstić information content (AvgIpc) is 2.34. The number of hydrogen-bond acceptors (Lipinski definition) is 1. The van der Waals surface area contributed by atoms with Gasteiger partial charge in [-0.15, -0.1) is 6.58 Å². The summed E-state index contributed by atoms with van der Waals surface area (Å²) in [7, 11) is 0. The van der Waals surface area contributed by atoms with E-state index < -0.39 is 0 Å². The Morgan fingerprint density at radius 2 is 2.06 bits per heavy atom. The van der Waals surface area contributed by atoms with E-state index in [1.165, 1.54) is 18.4 Å². The molecule has 1 rings (SSSR count). The monoisotopic (exact) mass is 217 g/mol. The molecule has 0 spiro atoms. The van der Waals surface area contributed by atoms with Crippen LogP contribution in [0.2, 0.25) is 0 Å². The van der Waals surface area contributed by atoms with E-state index in [1.54, 1.807) is 0 Å². The highest BCUT2D eigenvalue weighted by Crippen LogP contribution is 2.07. The summed E-state index contributed by atoms with van der Waals surface area (Å²) in [5.74, 6) is 0. The Labute approximate surface area is 99.6 Å². The summed E-state index contributed by atoms with van der Waals surface area (Å²) in [5.41, 5.74) is 1.43. The molecule has 0 heterocycles. The molecule has 1 atom stereocenters. The molecule has 0 aliphatic carbocycles. The lowest BCUT2D eigenvalue weighted by atomic mass is 10.0. The van der Waals surface area contributed by atoms with Crippen molar-refractivity contribution in [2.24, 2.45) is 0 Å². The molecule has 0 fully saturated rings. The van der Waals surface area contributed by atoms with E-state index in [9.17, 15) is 0 Å². The molecule has 1 heteroatoms. The molecule has 0 saturated carbocycles. The van der Waals surface area contributed by atoms with Gasteiger partial charge < -0.3 is 5.32 Å². The van der Waals surface area contributed by atoms with Crippen molar-refractivity contribution >= 4 is 0 Å². The van der Waals surface area contributed by atoms with Gasteiger partial charge in [0.1, 0.15) is 0 Å². The molecule has 0 saturated heterocycles. The Balaban J connectivity index is 2.34. The maximum Gasteiger partial charge on any atom is 0.0105 e. The lowest BCUT2D eigenvalue weighted by Crippen LogP contribution is -2.29. The minimum absolute atomic E-state index is 0.581. The maximum atomic E-state index is 3.82. The summed E-state index contributed by atoms with van der Waals surface area (Å²) < 4.78 is 0. The van der Waals surface area contributed by atoms with Crippen LogP contribution in [0.5, 0.6) is 0 Å². The van der Waals surface area contributed by atoms with Crippen LogP contribution >= 0.6 is 0 Å². The Hall–Kier alpha value is -1.08. The predicted octanol–water partition coefficient (Wildman–Crippen LogP) is 3.56. The third-order valence-electron chi connectivity index (χ3n) is 2.76. The first-order valence-electron chi connectivity index (χ1n) is 6.25. The Morgan fingerprint density at radius 3 is 2.69 bits per heavy atom. The highest BCUT2D eigenvalue weighted by Gasteiger charge is 2.05. The van der Waals surface area contributed by atoms with E-state index in [4.69, 9.17) is 0 Å². The number of aryl methyl sites for hydroxylation is 1. The fraction of sp³-hybridized carbons (Fsp3) is 0.467. The van der Waals surface area contributed by atoms with Crippen LogP contribution in [0.15, 0.2) is 43.0 Å². The maximum absolute atomic E-state index is 3.82. The molecule has 1 aromatic rings. The van der Waals surface area contributed by atoms with Gasteiger partial charge in [-0.1, -0.05) is 43.3 Å². The molecular formula is C15H23N. The summed E-state index contributed by atoms with van der Waals surface area (Å²) in [6.07, 6.45) is 6.61. The van der Waals surface area contributed by atoms with Gasteiger partial charge in [0.25, 0.3) is 0 Å². The second-order valence-electron chi connectivity index (χ2n) is 4.20. The molecule has 1 nitrogen and oxygen atoms in total. The molecule has 0 aliphatic heterocycles. The van der Waals surface area contributed by atoms with Crippen LogP contribution in [0.3, 0.4) is 0 Å². The lowest BCUT2D eigenvalue weighted by molar-refractivity contribution is 0.484. The zero-order valence-corrected chi connectivity index (χ0v) is 10.3. The van der Waals surface area contributed by atoms with Crippen molar-refractivity contribution in [1.82, 2.24) is 5.32 Å². The molecule has 1 unspecified atom stereocenters. The number of nitrogens with one attached hydrogen (secondary N) is 1. The highest BCUT2D eigenvalue weighted by atomic mass is 14.9. The summed E-state index contributed by atoms with van der Waals surface area (Å²) in [6, 6.07) is 11.3. The van der Waals surface area contributed by atoms with Gasteiger partial charge in [-0.3, -0.25) is 0 Å². The lowest BCUT2D eigenvalue weighted by Gasteiger charge is -2.16. The van der Waals surface area contributed by atoms with Gasteiger partial charge in [0.15, 0.2) is 0 Å². The van der Waals surface area contributed by atoms with Gasteiger partial charge in [0, 0.05) is 6.04 Å². The third kappa shape index (κ3) is 5.13. The fourth-order valence-electron chi connectivity index (χ4n) is 1.84. The largest absolute Gasteiger partial charge is 0.314 e. The van der Waals surface area contributed by atoms with E-state index in [0.717, 1.165) is 19.4 Å². The van der Waals surface area contributed by atoms with Crippen LogP contribution in [-0.4, -0.2) is 12.6 Å². The van der Waals surface area contributed by atoms with Gasteiger partial charge in [-0.05, 0) is 37.8 Å². The molecule has 88 valence electrons.